The van der Waals surface area contributed by atoms with Crippen molar-refractivity contribution in [1.29, 1.82) is 0 Å². The maximum absolute atomic E-state index is 13.5. The van der Waals surface area contributed by atoms with Crippen molar-refractivity contribution in [3.63, 3.8) is 0 Å². The van der Waals surface area contributed by atoms with Crippen LogP contribution >= 0.6 is 15.9 Å². The zero-order chi connectivity index (χ0) is 13.0. The van der Waals surface area contributed by atoms with Crippen LogP contribution in [0.1, 0.15) is 0 Å². The summed E-state index contributed by atoms with van der Waals surface area (Å²) < 4.78 is 20.9. The summed E-state index contributed by atoms with van der Waals surface area (Å²) in [5.74, 6) is -0.426. The second kappa shape index (κ2) is 5.87. The van der Waals surface area contributed by atoms with Crippen molar-refractivity contribution in [3.8, 4) is 5.75 Å². The smallest absolute Gasteiger partial charge is 0.165 e. The Bertz CT molecular complexity index is 509. The molecule has 96 valence electrons. The molecule has 1 unspecified atom stereocenters. The van der Waals surface area contributed by atoms with E-state index < -0.39 is 11.9 Å². The van der Waals surface area contributed by atoms with E-state index in [1.807, 2.05) is 0 Å². The lowest BCUT2D eigenvalue weighted by Gasteiger charge is -2.16. The predicted molar refractivity (Wildman–Crippen MR) is 63.4 cm³/mol. The molecule has 0 bridgehead atoms. The van der Waals surface area contributed by atoms with Crippen LogP contribution in [0, 0.1) is 5.82 Å². The minimum Gasteiger partial charge on any atom is -0.483 e. The molecule has 0 saturated heterocycles. The van der Waals surface area contributed by atoms with Gasteiger partial charge in [0.05, 0.1) is 13.2 Å². The largest absolute Gasteiger partial charge is 0.483 e. The van der Waals surface area contributed by atoms with Gasteiger partial charge in [0.25, 0.3) is 0 Å². The molecule has 1 N–H and O–H groups in total. The number of aromatic nitrogens is 4. The van der Waals surface area contributed by atoms with E-state index in [0.29, 0.717) is 4.47 Å². The first kappa shape index (κ1) is 12.9. The van der Waals surface area contributed by atoms with Crippen LogP contribution in [0.3, 0.4) is 0 Å². The quantitative estimate of drug-likeness (QED) is 0.891. The monoisotopic (exact) mass is 316 g/mol. The summed E-state index contributed by atoms with van der Waals surface area (Å²) in [6.45, 7) is -0.0404. The van der Waals surface area contributed by atoms with Gasteiger partial charge in [0.2, 0.25) is 0 Å². The van der Waals surface area contributed by atoms with E-state index in [2.05, 4.69) is 31.5 Å². The predicted octanol–water partition coefficient (Wildman–Crippen LogP) is 1.01. The Labute approximate surface area is 111 Å². The summed E-state index contributed by atoms with van der Waals surface area (Å²) in [7, 11) is 0. The SMILES string of the molecule is OCC(Cn1cnnn1)Oc1cc(Br)ccc1F. The van der Waals surface area contributed by atoms with Gasteiger partial charge in [0.15, 0.2) is 11.6 Å². The Hall–Kier alpha value is -1.54. The third-order valence-corrected chi connectivity index (χ3v) is 2.67. The van der Waals surface area contributed by atoms with Crippen molar-refractivity contribution in [2.75, 3.05) is 6.61 Å². The van der Waals surface area contributed by atoms with Crippen LogP contribution in [-0.4, -0.2) is 38.0 Å². The number of benzene rings is 1. The summed E-state index contributed by atoms with van der Waals surface area (Å²) in [6.07, 6.45) is 0.765. The van der Waals surface area contributed by atoms with Crippen LogP contribution in [0.4, 0.5) is 4.39 Å². The van der Waals surface area contributed by atoms with Gasteiger partial charge < -0.3 is 9.84 Å². The zero-order valence-corrected chi connectivity index (χ0v) is 10.8. The number of rotatable bonds is 5. The Morgan fingerprint density at radius 2 is 2.33 bits per heavy atom. The van der Waals surface area contributed by atoms with Gasteiger partial charge in [-0.3, -0.25) is 0 Å². The van der Waals surface area contributed by atoms with Crippen LogP contribution in [0.5, 0.6) is 5.75 Å². The van der Waals surface area contributed by atoms with Crippen LogP contribution < -0.4 is 4.74 Å². The molecule has 0 aliphatic heterocycles. The number of nitrogens with zero attached hydrogens (tertiary/aromatic N) is 4. The van der Waals surface area contributed by atoms with E-state index in [0.717, 1.165) is 0 Å². The molecule has 0 aliphatic carbocycles. The van der Waals surface area contributed by atoms with Crippen molar-refractivity contribution < 1.29 is 14.2 Å². The fraction of sp³-hybridized carbons (Fsp3) is 0.300. The number of aliphatic hydroxyl groups is 1. The third-order valence-electron chi connectivity index (χ3n) is 2.17. The van der Waals surface area contributed by atoms with E-state index in [9.17, 15) is 9.50 Å². The lowest BCUT2D eigenvalue weighted by molar-refractivity contribution is 0.0939. The average Bonchev–Trinajstić information content (AvgIpc) is 2.85. The van der Waals surface area contributed by atoms with Crippen molar-refractivity contribution in [2.24, 2.45) is 0 Å². The molecule has 0 spiro atoms. The van der Waals surface area contributed by atoms with E-state index >= 15 is 0 Å². The molecule has 1 heterocycles. The number of ether oxygens (including phenoxy) is 1. The highest BCUT2D eigenvalue weighted by molar-refractivity contribution is 9.10. The van der Waals surface area contributed by atoms with Gasteiger partial charge in [-0.2, -0.15) is 0 Å². The number of tetrazole rings is 1. The van der Waals surface area contributed by atoms with Gasteiger partial charge >= 0.3 is 0 Å². The minimum atomic E-state index is -0.628. The molecular weight excluding hydrogens is 307 g/mol. The summed E-state index contributed by atoms with van der Waals surface area (Å²) in [5, 5.41) is 19.8. The standard InChI is InChI=1S/C10H10BrFN4O2/c11-7-1-2-9(12)10(3-7)18-8(5-17)4-16-6-13-14-15-16/h1-3,6,8,17H,4-5H2. The molecule has 2 aromatic rings. The Balaban J connectivity index is 2.07. The Morgan fingerprint density at radius 3 is 3.00 bits per heavy atom. The summed E-state index contributed by atoms with van der Waals surface area (Å²) >= 11 is 3.22. The van der Waals surface area contributed by atoms with Crippen molar-refractivity contribution in [1.82, 2.24) is 20.2 Å². The van der Waals surface area contributed by atoms with E-state index in [4.69, 9.17) is 4.74 Å². The lowest BCUT2D eigenvalue weighted by Crippen LogP contribution is -2.27. The first-order chi connectivity index (χ1) is 8.69. The fourth-order valence-corrected chi connectivity index (χ4v) is 1.69. The molecule has 18 heavy (non-hydrogen) atoms. The molecule has 6 nitrogen and oxygen atoms in total. The number of aliphatic hydroxyl groups excluding tert-OH is 1. The van der Waals surface area contributed by atoms with Gasteiger partial charge in [-0.25, -0.2) is 9.07 Å². The maximum atomic E-state index is 13.5. The summed E-state index contributed by atoms with van der Waals surface area (Å²) in [6, 6.07) is 4.35. The van der Waals surface area contributed by atoms with E-state index in [-0.39, 0.29) is 18.9 Å². The molecule has 0 aliphatic rings. The molecular formula is C10H10BrFN4O2. The molecule has 1 aromatic carbocycles. The maximum Gasteiger partial charge on any atom is 0.165 e. The molecule has 2 rings (SSSR count). The molecule has 0 fully saturated rings. The van der Waals surface area contributed by atoms with Crippen LogP contribution in [0.15, 0.2) is 29.0 Å². The van der Waals surface area contributed by atoms with Gasteiger partial charge in [-0.05, 0) is 28.6 Å². The number of halogens is 2. The molecule has 0 saturated carbocycles. The highest BCUT2D eigenvalue weighted by Gasteiger charge is 2.14. The molecule has 1 aromatic heterocycles. The zero-order valence-electron chi connectivity index (χ0n) is 9.20. The Morgan fingerprint density at radius 1 is 1.50 bits per heavy atom. The molecule has 8 heteroatoms. The second-order valence-electron chi connectivity index (χ2n) is 3.53. The highest BCUT2D eigenvalue weighted by atomic mass is 79.9. The molecule has 1 atom stereocenters. The normalized spacial score (nSPS) is 12.4. The lowest BCUT2D eigenvalue weighted by atomic mass is 10.3. The molecule has 0 amide bonds. The Kier molecular flexibility index (Phi) is 4.21. The average molecular weight is 317 g/mol. The topological polar surface area (TPSA) is 73.1 Å². The first-order valence-corrected chi connectivity index (χ1v) is 5.91. The summed E-state index contributed by atoms with van der Waals surface area (Å²) in [4.78, 5) is 0. The van der Waals surface area contributed by atoms with Crippen LogP contribution in [0.25, 0.3) is 0 Å². The second-order valence-corrected chi connectivity index (χ2v) is 4.44. The first-order valence-electron chi connectivity index (χ1n) is 5.12. The van der Waals surface area contributed by atoms with Gasteiger partial charge in [0.1, 0.15) is 12.4 Å². The third kappa shape index (κ3) is 3.23. The number of hydrogen-bond acceptors (Lipinski definition) is 5. The van der Waals surface area contributed by atoms with Crippen LogP contribution in [0.2, 0.25) is 0 Å². The van der Waals surface area contributed by atoms with Gasteiger partial charge in [-0.15, -0.1) is 5.10 Å². The van der Waals surface area contributed by atoms with Crippen molar-refractivity contribution in [2.45, 2.75) is 12.6 Å². The fourth-order valence-electron chi connectivity index (χ4n) is 1.35. The summed E-state index contributed by atoms with van der Waals surface area (Å²) in [5.41, 5.74) is 0. The van der Waals surface area contributed by atoms with Crippen LogP contribution in [-0.2, 0) is 6.54 Å². The minimum absolute atomic E-state index is 0.0662. The number of hydrogen-bond donors (Lipinski definition) is 1. The van der Waals surface area contributed by atoms with Gasteiger partial charge in [0, 0.05) is 4.47 Å². The van der Waals surface area contributed by atoms with Gasteiger partial charge in [-0.1, -0.05) is 15.9 Å². The van der Waals surface area contributed by atoms with E-state index in [1.54, 1.807) is 6.07 Å². The highest BCUT2D eigenvalue weighted by Crippen LogP contribution is 2.23. The van der Waals surface area contributed by atoms with Crippen molar-refractivity contribution >= 4 is 15.9 Å². The van der Waals surface area contributed by atoms with Crippen molar-refractivity contribution in [3.05, 3.63) is 34.8 Å². The van der Waals surface area contributed by atoms with E-state index in [1.165, 1.54) is 23.1 Å². The molecule has 0 radical (unpaired) electrons.